The second kappa shape index (κ2) is 5.29. The Morgan fingerprint density at radius 1 is 1.35 bits per heavy atom. The van der Waals surface area contributed by atoms with Gasteiger partial charge in [0.15, 0.2) is 0 Å². The van der Waals surface area contributed by atoms with Gasteiger partial charge >= 0.3 is 0 Å². The van der Waals surface area contributed by atoms with Gasteiger partial charge in [-0.2, -0.15) is 0 Å². The molecule has 1 aliphatic heterocycles. The van der Waals surface area contributed by atoms with Crippen molar-refractivity contribution in [3.8, 4) is 0 Å². The zero-order chi connectivity index (χ0) is 12.3. The molecule has 1 fully saturated rings. The third-order valence-corrected chi connectivity index (χ3v) is 3.36. The quantitative estimate of drug-likeness (QED) is 0.655. The van der Waals surface area contributed by atoms with Gasteiger partial charge in [0.1, 0.15) is 4.32 Å². The fraction of sp³-hybridized carbons (Fsp3) is 0.0769. The minimum absolute atomic E-state index is 0.110. The Kier molecular flexibility index (Phi) is 3.76. The Labute approximate surface area is 110 Å². The number of carbonyl (C=O) groups is 1. The summed E-state index contributed by atoms with van der Waals surface area (Å²) in [5.74, 6) is -0.110. The summed E-state index contributed by atoms with van der Waals surface area (Å²) in [6.45, 7) is 1.97. The smallest absolute Gasteiger partial charge is 0.263 e. The Morgan fingerprint density at radius 3 is 2.65 bits per heavy atom. The molecule has 1 N–H and O–H groups in total. The van der Waals surface area contributed by atoms with Gasteiger partial charge in [-0.15, -0.1) is 0 Å². The number of rotatable bonds is 2. The van der Waals surface area contributed by atoms with Crippen molar-refractivity contribution in [2.45, 2.75) is 6.92 Å². The lowest BCUT2D eigenvalue weighted by Crippen LogP contribution is -2.17. The lowest BCUT2D eigenvalue weighted by Gasteiger charge is -1.96. The molecular weight excluding hydrogens is 250 g/mol. The molecule has 0 radical (unpaired) electrons. The first-order chi connectivity index (χ1) is 8.15. The Bertz CT molecular complexity index is 517. The first-order valence-corrected chi connectivity index (χ1v) is 6.36. The molecule has 0 aromatic heterocycles. The highest BCUT2D eigenvalue weighted by Crippen LogP contribution is 2.25. The fourth-order valence-electron chi connectivity index (χ4n) is 1.48. The van der Waals surface area contributed by atoms with Gasteiger partial charge in [0.2, 0.25) is 0 Å². The molecule has 0 bridgehead atoms. The van der Waals surface area contributed by atoms with E-state index in [0.717, 1.165) is 11.1 Å². The van der Waals surface area contributed by atoms with E-state index < -0.39 is 0 Å². The van der Waals surface area contributed by atoms with Crippen molar-refractivity contribution in [2.24, 2.45) is 0 Å². The number of thioether (sulfide) groups is 1. The highest BCUT2D eigenvalue weighted by atomic mass is 32.2. The molecule has 4 heteroatoms. The van der Waals surface area contributed by atoms with Crippen LogP contribution in [-0.4, -0.2) is 10.2 Å². The number of hydrogen-bond acceptors (Lipinski definition) is 3. The van der Waals surface area contributed by atoms with E-state index >= 15 is 0 Å². The minimum atomic E-state index is -0.110. The highest BCUT2D eigenvalue weighted by Gasteiger charge is 2.21. The van der Waals surface area contributed by atoms with Crippen LogP contribution in [0.3, 0.4) is 0 Å². The number of amides is 1. The molecule has 1 aliphatic rings. The lowest BCUT2D eigenvalue weighted by atomic mass is 10.1. The summed E-state index contributed by atoms with van der Waals surface area (Å²) >= 11 is 6.23. The average Bonchev–Trinajstić information content (AvgIpc) is 2.58. The summed E-state index contributed by atoms with van der Waals surface area (Å²) in [4.78, 5) is 12.1. The summed E-state index contributed by atoms with van der Waals surface area (Å²) < 4.78 is 0.522. The van der Waals surface area contributed by atoms with E-state index in [0.29, 0.717) is 9.23 Å². The molecule has 0 saturated carbocycles. The average molecular weight is 261 g/mol. The summed E-state index contributed by atoms with van der Waals surface area (Å²) in [7, 11) is 0. The molecule has 1 amide bonds. The molecule has 0 atom stereocenters. The molecule has 2 nitrogen and oxygen atoms in total. The van der Waals surface area contributed by atoms with E-state index in [1.54, 1.807) is 0 Å². The fourth-order valence-corrected chi connectivity index (χ4v) is 2.58. The Hall–Kier alpha value is -1.39. The molecule has 0 unspecified atom stereocenters. The summed E-state index contributed by atoms with van der Waals surface area (Å²) in [5.41, 5.74) is 2.14. The molecule has 1 aromatic carbocycles. The minimum Gasteiger partial charge on any atom is -0.307 e. The van der Waals surface area contributed by atoms with Crippen LogP contribution >= 0.6 is 24.0 Å². The van der Waals surface area contributed by atoms with Crippen molar-refractivity contribution in [2.75, 3.05) is 0 Å². The van der Waals surface area contributed by atoms with Crippen molar-refractivity contribution >= 4 is 40.3 Å². The monoisotopic (exact) mass is 261 g/mol. The van der Waals surface area contributed by atoms with Crippen LogP contribution in [0.2, 0.25) is 0 Å². The van der Waals surface area contributed by atoms with Crippen molar-refractivity contribution in [3.05, 3.63) is 52.4 Å². The van der Waals surface area contributed by atoms with E-state index in [1.165, 1.54) is 11.8 Å². The van der Waals surface area contributed by atoms with Crippen molar-refractivity contribution < 1.29 is 4.79 Å². The number of thiocarbonyl (C=S) groups is 1. The van der Waals surface area contributed by atoms with Crippen molar-refractivity contribution in [1.29, 1.82) is 0 Å². The maximum atomic E-state index is 11.5. The van der Waals surface area contributed by atoms with E-state index in [2.05, 4.69) is 5.32 Å². The Morgan fingerprint density at radius 2 is 2.06 bits per heavy atom. The number of benzene rings is 1. The lowest BCUT2D eigenvalue weighted by molar-refractivity contribution is -0.115. The normalized spacial score (nSPS) is 18.6. The number of allylic oxidation sites excluding steroid dienone is 2. The van der Waals surface area contributed by atoms with Crippen LogP contribution in [-0.2, 0) is 4.79 Å². The van der Waals surface area contributed by atoms with Gasteiger partial charge in [-0.3, -0.25) is 4.79 Å². The second-order valence-electron chi connectivity index (χ2n) is 3.65. The van der Waals surface area contributed by atoms with Gasteiger partial charge < -0.3 is 5.32 Å². The second-order valence-corrected chi connectivity index (χ2v) is 5.37. The SMILES string of the molecule is CC(=C\c1ccccc1)/C=C1/SC(=S)NC1=O. The van der Waals surface area contributed by atoms with Crippen LogP contribution in [0.5, 0.6) is 0 Å². The van der Waals surface area contributed by atoms with Crippen LogP contribution in [0.4, 0.5) is 0 Å². The largest absolute Gasteiger partial charge is 0.307 e. The predicted octanol–water partition coefficient (Wildman–Crippen LogP) is 3.12. The molecular formula is C13H11NOS2. The first-order valence-electron chi connectivity index (χ1n) is 5.13. The number of carbonyl (C=O) groups excluding carboxylic acids is 1. The summed E-state index contributed by atoms with van der Waals surface area (Å²) in [5, 5.41) is 2.60. The third kappa shape index (κ3) is 3.28. The zero-order valence-corrected chi connectivity index (χ0v) is 10.9. The number of nitrogens with one attached hydrogen (secondary N) is 1. The van der Waals surface area contributed by atoms with Crippen molar-refractivity contribution in [1.82, 2.24) is 5.32 Å². The standard InChI is InChI=1S/C13H11NOS2/c1-9(7-10-5-3-2-4-6-10)8-11-12(15)14-13(16)17-11/h2-8H,1H3,(H,14,15,16)/b9-7+,11-8+. The van der Waals surface area contributed by atoms with E-state index in [4.69, 9.17) is 12.2 Å². The topological polar surface area (TPSA) is 29.1 Å². The van der Waals surface area contributed by atoms with Gasteiger partial charge in [0, 0.05) is 0 Å². The third-order valence-electron chi connectivity index (χ3n) is 2.19. The maximum absolute atomic E-state index is 11.5. The van der Waals surface area contributed by atoms with Gasteiger partial charge in [0.05, 0.1) is 4.91 Å². The van der Waals surface area contributed by atoms with Crippen LogP contribution in [0, 0.1) is 0 Å². The predicted molar refractivity (Wildman–Crippen MR) is 76.5 cm³/mol. The molecule has 17 heavy (non-hydrogen) atoms. The van der Waals surface area contributed by atoms with Crippen LogP contribution in [0.1, 0.15) is 12.5 Å². The van der Waals surface area contributed by atoms with E-state index in [9.17, 15) is 4.79 Å². The van der Waals surface area contributed by atoms with Crippen LogP contribution in [0.25, 0.3) is 6.08 Å². The van der Waals surface area contributed by atoms with Crippen LogP contribution in [0.15, 0.2) is 46.9 Å². The summed E-state index contributed by atoms with van der Waals surface area (Å²) in [6.07, 6.45) is 3.88. The first kappa shape index (κ1) is 12.1. The van der Waals surface area contributed by atoms with Gasteiger partial charge in [0.25, 0.3) is 5.91 Å². The van der Waals surface area contributed by atoms with Gasteiger partial charge in [-0.05, 0) is 24.1 Å². The molecule has 86 valence electrons. The maximum Gasteiger partial charge on any atom is 0.263 e. The molecule has 2 rings (SSSR count). The molecule has 1 heterocycles. The molecule has 0 aliphatic carbocycles. The summed E-state index contributed by atoms with van der Waals surface area (Å²) in [6, 6.07) is 9.99. The number of hydrogen-bond donors (Lipinski definition) is 1. The molecule has 1 aromatic rings. The van der Waals surface area contributed by atoms with Gasteiger partial charge in [-0.1, -0.05) is 60.4 Å². The highest BCUT2D eigenvalue weighted by molar-refractivity contribution is 8.26. The molecule has 1 saturated heterocycles. The van der Waals surface area contributed by atoms with E-state index in [-0.39, 0.29) is 5.91 Å². The van der Waals surface area contributed by atoms with Crippen molar-refractivity contribution in [3.63, 3.8) is 0 Å². The molecule has 0 spiro atoms. The Balaban J connectivity index is 2.19. The zero-order valence-electron chi connectivity index (χ0n) is 9.27. The van der Waals surface area contributed by atoms with E-state index in [1.807, 2.05) is 49.4 Å². The van der Waals surface area contributed by atoms with Crippen LogP contribution < -0.4 is 5.32 Å². The van der Waals surface area contributed by atoms with Gasteiger partial charge in [-0.25, -0.2) is 0 Å².